The van der Waals surface area contributed by atoms with E-state index in [-0.39, 0.29) is 4.90 Å². The number of sulfonamides is 1. The Bertz CT molecular complexity index is 853. The molecule has 0 spiro atoms. The van der Waals surface area contributed by atoms with Gasteiger partial charge in [-0.3, -0.25) is 4.79 Å². The van der Waals surface area contributed by atoms with Crippen molar-refractivity contribution >= 4 is 43.5 Å². The van der Waals surface area contributed by atoms with Crippen LogP contribution < -0.4 is 4.74 Å². The zero-order valence-corrected chi connectivity index (χ0v) is 16.2. The summed E-state index contributed by atoms with van der Waals surface area (Å²) >= 11 is 9.15. The number of ether oxygens (including phenoxy) is 1. The molecule has 0 aromatic heterocycles. The minimum absolute atomic E-state index is 0.100. The van der Waals surface area contributed by atoms with Crippen molar-refractivity contribution in [3.8, 4) is 5.75 Å². The van der Waals surface area contributed by atoms with Gasteiger partial charge in [0, 0.05) is 16.5 Å². The highest BCUT2D eigenvalue weighted by molar-refractivity contribution is 9.10. The Hall–Kier alpha value is -1.41. The van der Waals surface area contributed by atoms with Gasteiger partial charge in [0.15, 0.2) is 0 Å². The molecule has 0 aliphatic heterocycles. The highest BCUT2D eigenvalue weighted by atomic mass is 79.9. The molecule has 2 aromatic rings. The van der Waals surface area contributed by atoms with Crippen LogP contribution in [0.4, 0.5) is 0 Å². The summed E-state index contributed by atoms with van der Waals surface area (Å²) in [7, 11) is -2.44. The summed E-state index contributed by atoms with van der Waals surface area (Å²) in [6.45, 7) is 1.38. The number of hydrogen-bond donors (Lipinski definition) is 0. The van der Waals surface area contributed by atoms with E-state index in [4.69, 9.17) is 16.3 Å². The molecule has 0 saturated carbocycles. The summed E-state index contributed by atoms with van der Waals surface area (Å²) in [6.07, 6.45) is 0. The number of carbonyl (C=O) groups is 1. The van der Waals surface area contributed by atoms with Crippen molar-refractivity contribution in [3.05, 3.63) is 57.5 Å². The Balaban J connectivity index is 2.07. The Labute approximate surface area is 154 Å². The minimum atomic E-state index is -3.77. The number of aryl methyl sites for hydroxylation is 1. The summed E-state index contributed by atoms with van der Waals surface area (Å²) in [4.78, 5) is 12.1. The fraction of sp³-hybridized carbons (Fsp3) is 0.188. The molecule has 5 nitrogen and oxygen atoms in total. The maximum atomic E-state index is 12.4. The molecule has 8 heteroatoms. The Morgan fingerprint density at radius 2 is 1.83 bits per heavy atom. The normalized spacial score (nSPS) is 11.5. The predicted molar refractivity (Wildman–Crippen MR) is 95.8 cm³/mol. The van der Waals surface area contributed by atoms with Crippen LogP contribution in [-0.4, -0.2) is 32.3 Å². The van der Waals surface area contributed by atoms with Crippen LogP contribution in [0.3, 0.4) is 0 Å². The van der Waals surface area contributed by atoms with Crippen molar-refractivity contribution in [1.82, 2.24) is 4.31 Å². The van der Waals surface area contributed by atoms with Gasteiger partial charge in [0.05, 0.1) is 4.90 Å². The molecule has 0 unspecified atom stereocenters. The van der Waals surface area contributed by atoms with E-state index in [2.05, 4.69) is 15.9 Å². The molecule has 128 valence electrons. The summed E-state index contributed by atoms with van der Waals surface area (Å²) in [6, 6.07) is 10.9. The molecule has 0 radical (unpaired) electrons. The van der Waals surface area contributed by atoms with Crippen LogP contribution in [-0.2, 0) is 14.8 Å². The standard InChI is InChI=1S/C16H15BrClNO4S/c1-11-9-13(5-8-15(11)18)23-16(20)10-19(2)24(21,22)14-6-3-12(17)4-7-14/h3-9H,10H2,1-2H3. The second-order valence-electron chi connectivity index (χ2n) is 5.10. The molecular formula is C16H15BrClNO4S. The fourth-order valence-electron chi connectivity index (χ4n) is 1.90. The maximum Gasteiger partial charge on any atom is 0.326 e. The zero-order chi connectivity index (χ0) is 17.9. The van der Waals surface area contributed by atoms with Gasteiger partial charge in [0.2, 0.25) is 10.0 Å². The van der Waals surface area contributed by atoms with Crippen molar-refractivity contribution in [1.29, 1.82) is 0 Å². The smallest absolute Gasteiger partial charge is 0.326 e. The zero-order valence-electron chi connectivity index (χ0n) is 13.0. The molecule has 0 bridgehead atoms. The van der Waals surface area contributed by atoms with E-state index in [0.29, 0.717) is 10.8 Å². The van der Waals surface area contributed by atoms with Gasteiger partial charge in [0.25, 0.3) is 0 Å². The largest absolute Gasteiger partial charge is 0.426 e. The second kappa shape index (κ2) is 7.65. The topological polar surface area (TPSA) is 63.7 Å². The van der Waals surface area contributed by atoms with Gasteiger partial charge in [-0.05, 0) is 55.0 Å². The highest BCUT2D eigenvalue weighted by Gasteiger charge is 2.23. The molecule has 0 atom stereocenters. The van der Waals surface area contributed by atoms with Crippen molar-refractivity contribution in [2.45, 2.75) is 11.8 Å². The lowest BCUT2D eigenvalue weighted by atomic mass is 10.2. The van der Waals surface area contributed by atoms with Crippen LogP contribution in [0.5, 0.6) is 5.75 Å². The van der Waals surface area contributed by atoms with E-state index in [0.717, 1.165) is 14.3 Å². The van der Waals surface area contributed by atoms with Crippen molar-refractivity contribution in [2.24, 2.45) is 0 Å². The van der Waals surface area contributed by atoms with Crippen LogP contribution in [0.2, 0.25) is 5.02 Å². The Morgan fingerprint density at radius 3 is 2.42 bits per heavy atom. The molecule has 24 heavy (non-hydrogen) atoms. The van der Waals surface area contributed by atoms with Gasteiger partial charge in [-0.25, -0.2) is 8.42 Å². The third-order valence-electron chi connectivity index (χ3n) is 3.23. The van der Waals surface area contributed by atoms with E-state index in [9.17, 15) is 13.2 Å². The quantitative estimate of drug-likeness (QED) is 0.534. The number of nitrogens with zero attached hydrogens (tertiary/aromatic N) is 1. The lowest BCUT2D eigenvalue weighted by molar-refractivity contribution is -0.134. The number of hydrogen-bond acceptors (Lipinski definition) is 4. The highest BCUT2D eigenvalue weighted by Crippen LogP contribution is 2.22. The van der Waals surface area contributed by atoms with Crippen molar-refractivity contribution in [3.63, 3.8) is 0 Å². The van der Waals surface area contributed by atoms with Crippen LogP contribution in [0.1, 0.15) is 5.56 Å². The molecular weight excluding hydrogens is 418 g/mol. The van der Waals surface area contributed by atoms with Crippen LogP contribution in [0, 0.1) is 6.92 Å². The van der Waals surface area contributed by atoms with E-state index in [1.165, 1.54) is 19.2 Å². The van der Waals surface area contributed by atoms with E-state index >= 15 is 0 Å². The summed E-state index contributed by atoms with van der Waals surface area (Å²) in [5.41, 5.74) is 0.762. The predicted octanol–water partition coefficient (Wildman–Crippen LogP) is 3.64. The first-order valence-electron chi connectivity index (χ1n) is 6.89. The summed E-state index contributed by atoms with van der Waals surface area (Å²) in [5.74, 6) is -0.365. The second-order valence-corrected chi connectivity index (χ2v) is 8.47. The van der Waals surface area contributed by atoms with Gasteiger partial charge in [-0.2, -0.15) is 4.31 Å². The lowest BCUT2D eigenvalue weighted by Gasteiger charge is -2.16. The maximum absolute atomic E-state index is 12.4. The molecule has 0 saturated heterocycles. The van der Waals surface area contributed by atoms with Gasteiger partial charge in [-0.15, -0.1) is 0 Å². The van der Waals surface area contributed by atoms with Gasteiger partial charge in [-0.1, -0.05) is 27.5 Å². The lowest BCUT2D eigenvalue weighted by Crippen LogP contribution is -2.34. The molecule has 0 aliphatic rings. The van der Waals surface area contributed by atoms with Crippen LogP contribution in [0.15, 0.2) is 51.8 Å². The molecule has 0 aliphatic carbocycles. The van der Waals surface area contributed by atoms with Crippen molar-refractivity contribution < 1.29 is 17.9 Å². The molecule has 2 aromatic carbocycles. The third-order valence-corrected chi connectivity index (χ3v) is 6.01. The number of likely N-dealkylation sites (N-methyl/N-ethyl adjacent to an activating group) is 1. The molecule has 2 rings (SSSR count). The van der Waals surface area contributed by atoms with Gasteiger partial charge < -0.3 is 4.74 Å². The SMILES string of the molecule is Cc1cc(OC(=O)CN(C)S(=O)(=O)c2ccc(Br)cc2)ccc1Cl. The van der Waals surface area contributed by atoms with E-state index < -0.39 is 22.5 Å². The number of carbonyl (C=O) groups excluding carboxylic acids is 1. The average Bonchev–Trinajstić information content (AvgIpc) is 2.51. The van der Waals surface area contributed by atoms with Crippen molar-refractivity contribution in [2.75, 3.05) is 13.6 Å². The molecule has 0 heterocycles. The third kappa shape index (κ3) is 4.57. The average molecular weight is 433 g/mol. The summed E-state index contributed by atoms with van der Waals surface area (Å²) < 4.78 is 31.7. The molecule has 0 N–H and O–H groups in total. The van der Waals surface area contributed by atoms with Gasteiger partial charge in [0.1, 0.15) is 12.3 Å². The first-order valence-corrected chi connectivity index (χ1v) is 9.50. The summed E-state index contributed by atoms with van der Waals surface area (Å²) in [5, 5.41) is 0.560. The minimum Gasteiger partial charge on any atom is -0.426 e. The van der Waals surface area contributed by atoms with Crippen LogP contribution in [0.25, 0.3) is 0 Å². The Kier molecular flexibility index (Phi) is 6.03. The number of rotatable bonds is 5. The van der Waals surface area contributed by atoms with Crippen LogP contribution >= 0.6 is 27.5 Å². The van der Waals surface area contributed by atoms with E-state index in [1.54, 1.807) is 37.3 Å². The first-order chi connectivity index (χ1) is 11.2. The number of benzene rings is 2. The van der Waals surface area contributed by atoms with Gasteiger partial charge >= 0.3 is 5.97 Å². The molecule has 0 fully saturated rings. The Morgan fingerprint density at radius 1 is 1.21 bits per heavy atom. The fourth-order valence-corrected chi connectivity index (χ4v) is 3.39. The first kappa shape index (κ1) is 18.9. The molecule has 0 amide bonds. The number of esters is 1. The van der Waals surface area contributed by atoms with E-state index in [1.807, 2.05) is 0 Å². The number of halogens is 2. The monoisotopic (exact) mass is 431 g/mol.